The van der Waals surface area contributed by atoms with Crippen molar-refractivity contribution in [2.24, 2.45) is 5.92 Å². The van der Waals surface area contributed by atoms with Gasteiger partial charge in [0.25, 0.3) is 0 Å². The third-order valence-electron chi connectivity index (χ3n) is 2.60. The van der Waals surface area contributed by atoms with Gasteiger partial charge in [0.2, 0.25) is 0 Å². The molecule has 1 aromatic rings. The highest BCUT2D eigenvalue weighted by Gasteiger charge is 2.19. The minimum Gasteiger partial charge on any atom is -0.310 e. The lowest BCUT2D eigenvalue weighted by atomic mass is 9.95. The van der Waals surface area contributed by atoms with Crippen LogP contribution in [0.4, 0.5) is 4.39 Å². The van der Waals surface area contributed by atoms with Crippen LogP contribution in [-0.4, -0.2) is 6.54 Å². The van der Waals surface area contributed by atoms with Gasteiger partial charge in [-0.25, -0.2) is 4.39 Å². The molecule has 0 saturated heterocycles. The Morgan fingerprint density at radius 1 is 1.38 bits per heavy atom. The number of rotatable bonds is 5. The molecule has 0 heterocycles. The predicted octanol–water partition coefficient (Wildman–Crippen LogP) is 4.18. The van der Waals surface area contributed by atoms with E-state index in [1.807, 2.05) is 6.07 Å². The molecular formula is C13H19ClFN. The summed E-state index contributed by atoms with van der Waals surface area (Å²) in [5.74, 6) is 0.0361. The third kappa shape index (κ3) is 3.19. The number of hydrogen-bond acceptors (Lipinski definition) is 1. The van der Waals surface area contributed by atoms with Crippen LogP contribution < -0.4 is 5.32 Å². The van der Waals surface area contributed by atoms with Crippen molar-refractivity contribution in [3.8, 4) is 0 Å². The summed E-state index contributed by atoms with van der Waals surface area (Å²) in [6.07, 6.45) is 1.05. The minimum absolute atomic E-state index is 0.114. The molecule has 1 aromatic carbocycles. The monoisotopic (exact) mass is 243 g/mol. The average molecular weight is 244 g/mol. The Morgan fingerprint density at radius 2 is 2.06 bits per heavy atom. The number of nitrogens with one attached hydrogen (secondary N) is 1. The normalized spacial score (nSPS) is 13.1. The first-order valence-electron chi connectivity index (χ1n) is 5.75. The van der Waals surface area contributed by atoms with Crippen LogP contribution in [-0.2, 0) is 0 Å². The van der Waals surface area contributed by atoms with E-state index in [0.717, 1.165) is 18.5 Å². The molecule has 1 rings (SSSR count). The molecule has 0 aromatic heterocycles. The second-order valence-corrected chi connectivity index (χ2v) is 4.70. The molecule has 0 aliphatic heterocycles. The molecule has 0 amide bonds. The van der Waals surface area contributed by atoms with Crippen LogP contribution >= 0.6 is 11.6 Å². The van der Waals surface area contributed by atoms with Gasteiger partial charge in [-0.3, -0.25) is 0 Å². The summed E-state index contributed by atoms with van der Waals surface area (Å²) in [6, 6.07) is 5.10. The summed E-state index contributed by atoms with van der Waals surface area (Å²) in [6.45, 7) is 7.23. The molecule has 0 spiro atoms. The Morgan fingerprint density at radius 3 is 2.62 bits per heavy atom. The molecule has 16 heavy (non-hydrogen) atoms. The third-order valence-corrected chi connectivity index (χ3v) is 3.00. The highest BCUT2D eigenvalue weighted by molar-refractivity contribution is 6.31. The van der Waals surface area contributed by atoms with Crippen molar-refractivity contribution < 1.29 is 4.39 Å². The van der Waals surface area contributed by atoms with Gasteiger partial charge in [0, 0.05) is 6.04 Å². The van der Waals surface area contributed by atoms with Gasteiger partial charge >= 0.3 is 0 Å². The summed E-state index contributed by atoms with van der Waals surface area (Å²) in [4.78, 5) is 0. The van der Waals surface area contributed by atoms with Gasteiger partial charge in [0.1, 0.15) is 5.82 Å². The fraction of sp³-hybridized carbons (Fsp3) is 0.538. The van der Waals surface area contributed by atoms with E-state index in [1.165, 1.54) is 6.07 Å². The van der Waals surface area contributed by atoms with Gasteiger partial charge in [0.15, 0.2) is 0 Å². The Balaban J connectivity index is 2.96. The van der Waals surface area contributed by atoms with Gasteiger partial charge in [-0.2, -0.15) is 0 Å². The maximum Gasteiger partial charge on any atom is 0.142 e. The Hall–Kier alpha value is -0.600. The zero-order valence-corrected chi connectivity index (χ0v) is 10.8. The Kier molecular flexibility index (Phi) is 5.23. The second kappa shape index (κ2) is 6.21. The first-order valence-corrected chi connectivity index (χ1v) is 6.13. The number of halogens is 2. The van der Waals surface area contributed by atoms with E-state index in [2.05, 4.69) is 26.1 Å². The topological polar surface area (TPSA) is 12.0 Å². The molecular weight excluding hydrogens is 225 g/mol. The van der Waals surface area contributed by atoms with Crippen LogP contribution in [0.3, 0.4) is 0 Å². The van der Waals surface area contributed by atoms with E-state index >= 15 is 0 Å². The minimum atomic E-state index is -0.344. The van der Waals surface area contributed by atoms with Crippen LogP contribution in [0.1, 0.15) is 38.8 Å². The lowest BCUT2D eigenvalue weighted by Gasteiger charge is -2.23. The van der Waals surface area contributed by atoms with Crippen molar-refractivity contribution in [2.75, 3.05) is 6.54 Å². The molecule has 0 fully saturated rings. The number of benzene rings is 1. The van der Waals surface area contributed by atoms with E-state index in [-0.39, 0.29) is 16.9 Å². The first kappa shape index (κ1) is 13.5. The highest BCUT2D eigenvalue weighted by atomic mass is 35.5. The lowest BCUT2D eigenvalue weighted by molar-refractivity contribution is 0.411. The molecule has 0 bridgehead atoms. The van der Waals surface area contributed by atoms with E-state index in [1.54, 1.807) is 6.07 Å². The quantitative estimate of drug-likeness (QED) is 0.818. The van der Waals surface area contributed by atoms with Gasteiger partial charge in [0.05, 0.1) is 5.02 Å². The largest absolute Gasteiger partial charge is 0.310 e. The van der Waals surface area contributed by atoms with E-state index in [4.69, 9.17) is 11.6 Å². The molecule has 1 nitrogen and oxygen atoms in total. The zero-order chi connectivity index (χ0) is 12.1. The summed E-state index contributed by atoms with van der Waals surface area (Å²) in [7, 11) is 0. The molecule has 1 unspecified atom stereocenters. The van der Waals surface area contributed by atoms with Gasteiger partial charge in [-0.15, -0.1) is 0 Å². The SMILES string of the molecule is CCCNC(c1cccc(F)c1Cl)C(C)C. The van der Waals surface area contributed by atoms with Crippen molar-refractivity contribution >= 4 is 11.6 Å². The molecule has 0 saturated carbocycles. The van der Waals surface area contributed by atoms with Crippen molar-refractivity contribution in [2.45, 2.75) is 33.2 Å². The van der Waals surface area contributed by atoms with Crippen LogP contribution in [0.15, 0.2) is 18.2 Å². The maximum absolute atomic E-state index is 13.4. The molecule has 3 heteroatoms. The van der Waals surface area contributed by atoms with Crippen LogP contribution in [0, 0.1) is 11.7 Å². The second-order valence-electron chi connectivity index (χ2n) is 4.32. The molecule has 1 N–H and O–H groups in total. The fourth-order valence-electron chi connectivity index (χ4n) is 1.77. The van der Waals surface area contributed by atoms with Crippen molar-refractivity contribution in [1.29, 1.82) is 0 Å². The van der Waals surface area contributed by atoms with Gasteiger partial charge in [-0.05, 0) is 30.5 Å². The van der Waals surface area contributed by atoms with Crippen LogP contribution in [0.2, 0.25) is 5.02 Å². The maximum atomic E-state index is 13.4. The van der Waals surface area contributed by atoms with E-state index in [0.29, 0.717) is 5.92 Å². The lowest BCUT2D eigenvalue weighted by Crippen LogP contribution is -2.26. The smallest absolute Gasteiger partial charge is 0.142 e. The van der Waals surface area contributed by atoms with Crippen molar-refractivity contribution in [1.82, 2.24) is 5.32 Å². The average Bonchev–Trinajstić information content (AvgIpc) is 2.24. The first-order chi connectivity index (χ1) is 7.57. The van der Waals surface area contributed by atoms with Gasteiger partial charge in [-0.1, -0.05) is 44.5 Å². The van der Waals surface area contributed by atoms with Crippen molar-refractivity contribution in [3.05, 3.63) is 34.6 Å². The predicted molar refractivity (Wildman–Crippen MR) is 67.3 cm³/mol. The summed E-state index contributed by atoms with van der Waals surface area (Å²) >= 11 is 6.00. The summed E-state index contributed by atoms with van der Waals surface area (Å²) in [5.41, 5.74) is 0.852. The summed E-state index contributed by atoms with van der Waals surface area (Å²) in [5, 5.41) is 3.64. The highest BCUT2D eigenvalue weighted by Crippen LogP contribution is 2.29. The molecule has 90 valence electrons. The molecule has 0 aliphatic carbocycles. The molecule has 0 aliphatic rings. The van der Waals surface area contributed by atoms with E-state index in [9.17, 15) is 4.39 Å². The van der Waals surface area contributed by atoms with Gasteiger partial charge < -0.3 is 5.32 Å². The molecule has 0 radical (unpaired) electrons. The molecule has 1 atom stereocenters. The van der Waals surface area contributed by atoms with Crippen LogP contribution in [0.25, 0.3) is 0 Å². The zero-order valence-electron chi connectivity index (χ0n) is 10.1. The van der Waals surface area contributed by atoms with E-state index < -0.39 is 0 Å². The van der Waals surface area contributed by atoms with Crippen LogP contribution in [0.5, 0.6) is 0 Å². The Labute approximate surface area is 102 Å². The number of hydrogen-bond donors (Lipinski definition) is 1. The Bertz CT molecular complexity index is 339. The standard InChI is InChI=1S/C13H19ClFN/c1-4-8-16-13(9(2)3)10-6-5-7-11(15)12(10)14/h5-7,9,13,16H,4,8H2,1-3H3. The fourth-order valence-corrected chi connectivity index (χ4v) is 2.01. The van der Waals surface area contributed by atoms with Crippen molar-refractivity contribution in [3.63, 3.8) is 0 Å². The summed E-state index contributed by atoms with van der Waals surface area (Å²) < 4.78 is 13.4.